The lowest BCUT2D eigenvalue weighted by molar-refractivity contribution is 0.464. The standard InChI is InChI=1S/C9H14N4/c1-2-13(11)9(12-10)8-6-4-3-5-7-8/h3-7H,2,10-11H2,1H3/b12-9-. The highest BCUT2D eigenvalue weighted by molar-refractivity contribution is 5.98. The van der Waals surface area contributed by atoms with Crippen LogP contribution in [0.15, 0.2) is 35.4 Å². The van der Waals surface area contributed by atoms with E-state index in [0.717, 1.165) is 5.56 Å². The normalized spacial score (nSPS) is 11.4. The summed E-state index contributed by atoms with van der Waals surface area (Å²) in [4.78, 5) is 0. The van der Waals surface area contributed by atoms with Crippen molar-refractivity contribution in [3.63, 3.8) is 0 Å². The molecule has 0 aliphatic rings. The molecule has 1 aromatic rings. The Morgan fingerprint density at radius 1 is 1.38 bits per heavy atom. The fourth-order valence-corrected chi connectivity index (χ4v) is 1.05. The first-order valence-electron chi connectivity index (χ1n) is 4.15. The fraction of sp³-hybridized carbons (Fsp3) is 0.222. The molecule has 0 radical (unpaired) electrons. The monoisotopic (exact) mass is 178 g/mol. The van der Waals surface area contributed by atoms with Crippen LogP contribution in [0.5, 0.6) is 0 Å². The zero-order valence-corrected chi connectivity index (χ0v) is 7.64. The van der Waals surface area contributed by atoms with E-state index in [-0.39, 0.29) is 0 Å². The van der Waals surface area contributed by atoms with Crippen molar-refractivity contribution in [2.75, 3.05) is 6.54 Å². The highest BCUT2D eigenvalue weighted by atomic mass is 15.4. The summed E-state index contributed by atoms with van der Waals surface area (Å²) >= 11 is 0. The van der Waals surface area contributed by atoms with Crippen LogP contribution in [-0.4, -0.2) is 17.4 Å². The number of nitrogens with two attached hydrogens (primary N) is 2. The van der Waals surface area contributed by atoms with E-state index >= 15 is 0 Å². The lowest BCUT2D eigenvalue weighted by Crippen LogP contribution is -2.38. The van der Waals surface area contributed by atoms with Gasteiger partial charge in [-0.15, -0.1) is 0 Å². The fourth-order valence-electron chi connectivity index (χ4n) is 1.05. The Labute approximate surface area is 77.8 Å². The van der Waals surface area contributed by atoms with Gasteiger partial charge in [0.15, 0.2) is 5.84 Å². The van der Waals surface area contributed by atoms with Gasteiger partial charge in [-0.2, -0.15) is 5.10 Å². The van der Waals surface area contributed by atoms with Crippen molar-refractivity contribution in [3.8, 4) is 0 Å². The molecule has 1 rings (SSSR count). The molecule has 0 aromatic heterocycles. The van der Waals surface area contributed by atoms with Gasteiger partial charge in [-0.1, -0.05) is 30.3 Å². The number of hydrazone groups is 1. The third-order valence-electron chi connectivity index (χ3n) is 1.77. The molecule has 0 heterocycles. The molecule has 0 fully saturated rings. The molecule has 13 heavy (non-hydrogen) atoms. The summed E-state index contributed by atoms with van der Waals surface area (Å²) in [7, 11) is 0. The predicted octanol–water partition coefficient (Wildman–Crippen LogP) is 0.503. The summed E-state index contributed by atoms with van der Waals surface area (Å²) in [6.45, 7) is 2.61. The number of hydrogen-bond acceptors (Lipinski definition) is 3. The van der Waals surface area contributed by atoms with Crippen molar-refractivity contribution in [3.05, 3.63) is 35.9 Å². The largest absolute Gasteiger partial charge is 0.321 e. The van der Waals surface area contributed by atoms with Gasteiger partial charge in [0.25, 0.3) is 0 Å². The molecule has 0 amide bonds. The van der Waals surface area contributed by atoms with Gasteiger partial charge in [0.1, 0.15) is 0 Å². The Hall–Kier alpha value is -1.55. The number of nitrogens with zero attached hydrogens (tertiary/aromatic N) is 2. The Bertz CT molecular complexity index is 281. The molecule has 1 aromatic carbocycles. The predicted molar refractivity (Wildman–Crippen MR) is 53.7 cm³/mol. The van der Waals surface area contributed by atoms with E-state index in [1.54, 1.807) is 0 Å². The first kappa shape index (κ1) is 9.54. The zero-order valence-electron chi connectivity index (χ0n) is 7.64. The van der Waals surface area contributed by atoms with Gasteiger partial charge in [0.05, 0.1) is 0 Å². The molecule has 0 atom stereocenters. The molecule has 0 spiro atoms. The topological polar surface area (TPSA) is 67.6 Å². The minimum absolute atomic E-state index is 0.600. The Morgan fingerprint density at radius 2 is 2.00 bits per heavy atom. The van der Waals surface area contributed by atoms with Crippen LogP contribution < -0.4 is 11.7 Å². The molecule has 0 aliphatic carbocycles. The molecule has 0 bridgehead atoms. The van der Waals surface area contributed by atoms with E-state index in [4.69, 9.17) is 11.7 Å². The number of hydrazine groups is 1. The number of rotatable bonds is 2. The zero-order chi connectivity index (χ0) is 9.68. The molecule has 70 valence electrons. The second-order valence-electron chi connectivity index (χ2n) is 2.60. The molecule has 0 unspecified atom stereocenters. The van der Waals surface area contributed by atoms with Gasteiger partial charge in [-0.25, -0.2) is 5.84 Å². The summed E-state index contributed by atoms with van der Waals surface area (Å²) in [6.07, 6.45) is 0. The van der Waals surface area contributed by atoms with Crippen molar-refractivity contribution < 1.29 is 0 Å². The Balaban J connectivity index is 2.93. The van der Waals surface area contributed by atoms with Gasteiger partial charge in [0, 0.05) is 12.1 Å². The van der Waals surface area contributed by atoms with E-state index in [0.29, 0.717) is 12.4 Å². The van der Waals surface area contributed by atoms with Gasteiger partial charge < -0.3 is 5.84 Å². The second-order valence-corrected chi connectivity index (χ2v) is 2.60. The number of hydrogen-bond donors (Lipinski definition) is 2. The van der Waals surface area contributed by atoms with Crippen molar-refractivity contribution in [1.29, 1.82) is 0 Å². The van der Waals surface area contributed by atoms with Crippen LogP contribution in [0, 0.1) is 0 Å². The maximum Gasteiger partial charge on any atom is 0.169 e. The number of benzene rings is 1. The van der Waals surface area contributed by atoms with E-state index in [1.807, 2.05) is 37.3 Å². The average Bonchev–Trinajstić information content (AvgIpc) is 2.20. The molecule has 4 N–H and O–H groups in total. The summed E-state index contributed by atoms with van der Waals surface area (Å²) in [5.41, 5.74) is 0.925. The van der Waals surface area contributed by atoms with Crippen LogP contribution >= 0.6 is 0 Å². The first-order valence-corrected chi connectivity index (χ1v) is 4.15. The third-order valence-corrected chi connectivity index (χ3v) is 1.77. The number of amidine groups is 1. The molecule has 0 saturated heterocycles. The van der Waals surface area contributed by atoms with Gasteiger partial charge >= 0.3 is 0 Å². The Morgan fingerprint density at radius 3 is 2.46 bits per heavy atom. The molecular formula is C9H14N4. The van der Waals surface area contributed by atoms with E-state index in [9.17, 15) is 0 Å². The first-order chi connectivity index (χ1) is 6.29. The van der Waals surface area contributed by atoms with Crippen molar-refractivity contribution in [2.45, 2.75) is 6.92 Å². The highest BCUT2D eigenvalue weighted by Gasteiger charge is 2.06. The molecule has 0 saturated carbocycles. The smallest absolute Gasteiger partial charge is 0.169 e. The van der Waals surface area contributed by atoms with Crippen LogP contribution in [0.3, 0.4) is 0 Å². The lowest BCUT2D eigenvalue weighted by Gasteiger charge is -2.17. The second kappa shape index (κ2) is 4.47. The van der Waals surface area contributed by atoms with Crippen molar-refractivity contribution >= 4 is 5.84 Å². The summed E-state index contributed by atoms with van der Waals surface area (Å²) in [5.74, 6) is 11.5. The van der Waals surface area contributed by atoms with Gasteiger partial charge in [-0.05, 0) is 6.92 Å². The van der Waals surface area contributed by atoms with E-state index < -0.39 is 0 Å². The van der Waals surface area contributed by atoms with E-state index in [1.165, 1.54) is 5.01 Å². The van der Waals surface area contributed by atoms with Gasteiger partial charge in [0.2, 0.25) is 0 Å². The highest BCUT2D eigenvalue weighted by Crippen LogP contribution is 2.01. The van der Waals surface area contributed by atoms with Crippen LogP contribution in [0.4, 0.5) is 0 Å². The SMILES string of the molecule is CCN(N)/C(=N\N)c1ccccc1. The minimum atomic E-state index is 0.600. The van der Waals surface area contributed by atoms with E-state index in [2.05, 4.69) is 5.10 Å². The summed E-state index contributed by atoms with van der Waals surface area (Å²) in [6, 6.07) is 9.61. The molecular weight excluding hydrogens is 164 g/mol. The molecule has 4 nitrogen and oxygen atoms in total. The van der Waals surface area contributed by atoms with Crippen molar-refractivity contribution in [1.82, 2.24) is 5.01 Å². The van der Waals surface area contributed by atoms with Crippen molar-refractivity contribution in [2.24, 2.45) is 16.8 Å². The third kappa shape index (κ3) is 2.19. The maximum atomic E-state index is 5.68. The van der Waals surface area contributed by atoms with Crippen LogP contribution in [0.25, 0.3) is 0 Å². The van der Waals surface area contributed by atoms with Crippen LogP contribution in [-0.2, 0) is 0 Å². The average molecular weight is 178 g/mol. The Kier molecular flexibility index (Phi) is 3.28. The lowest BCUT2D eigenvalue weighted by atomic mass is 10.2. The molecule has 4 heteroatoms. The minimum Gasteiger partial charge on any atom is -0.321 e. The van der Waals surface area contributed by atoms with Crippen LogP contribution in [0.1, 0.15) is 12.5 Å². The van der Waals surface area contributed by atoms with Crippen LogP contribution in [0.2, 0.25) is 0 Å². The van der Waals surface area contributed by atoms with Gasteiger partial charge in [-0.3, -0.25) is 5.01 Å². The summed E-state index contributed by atoms with van der Waals surface area (Å²) < 4.78 is 0. The molecule has 0 aliphatic heterocycles. The quantitative estimate of drug-likeness (QED) is 0.300. The maximum absolute atomic E-state index is 5.68. The summed E-state index contributed by atoms with van der Waals surface area (Å²) in [5, 5.41) is 5.16.